The Balaban J connectivity index is 1.36. The lowest BCUT2D eigenvalue weighted by molar-refractivity contribution is -0.145. The maximum atomic E-state index is 14.7. The van der Waals surface area contributed by atoms with Crippen molar-refractivity contribution in [2.45, 2.75) is 156 Å². The number of ketones is 1. The molecule has 0 aromatic carbocycles. The number of carbonyl (C=O) groups is 6. The summed E-state index contributed by atoms with van der Waals surface area (Å²) in [6.07, 6.45) is 7.92. The van der Waals surface area contributed by atoms with Crippen LogP contribution in [-0.4, -0.2) is 101 Å². The first-order valence-corrected chi connectivity index (χ1v) is 18.7. The van der Waals surface area contributed by atoms with Gasteiger partial charge >= 0.3 is 0 Å². The molecule has 3 saturated carbocycles. The Bertz CT molecular complexity index is 1350. The maximum Gasteiger partial charge on any atom is 0.289 e. The van der Waals surface area contributed by atoms with E-state index < -0.39 is 53.1 Å². The molecule has 6 atom stereocenters. The normalized spacial score (nSPS) is 28.7. The molecule has 0 aromatic rings. The molecule has 2 aliphatic heterocycles. The number of amides is 5. The zero-order valence-electron chi connectivity index (χ0n) is 31.0. The number of nitrogens with zero attached hydrogens (tertiary/aromatic N) is 2. The Morgan fingerprint density at radius 3 is 2.04 bits per heavy atom. The van der Waals surface area contributed by atoms with Crippen LogP contribution in [0.4, 0.5) is 0 Å². The molecule has 49 heavy (non-hydrogen) atoms. The third-order valence-electron chi connectivity index (χ3n) is 13.0. The first kappa shape index (κ1) is 37.2. The Labute approximate surface area is 292 Å². The zero-order valence-corrected chi connectivity index (χ0v) is 31.0. The maximum absolute atomic E-state index is 14.7. The van der Waals surface area contributed by atoms with Gasteiger partial charge in [-0.2, -0.15) is 0 Å². The van der Waals surface area contributed by atoms with E-state index in [0.29, 0.717) is 25.8 Å². The molecule has 274 valence electrons. The summed E-state index contributed by atoms with van der Waals surface area (Å²) >= 11 is 0. The molecule has 2 spiro atoms. The minimum absolute atomic E-state index is 0.0160. The van der Waals surface area contributed by atoms with Crippen LogP contribution in [-0.2, 0) is 28.8 Å². The SMILES string of the molecule is CCC[C@H](NC(=O)C1C[C@@]2(CN1C(=O)[C@@H](NC(=O)[C@H](C)NC(=O)[C@@H]1CCCN1CC)C(C)(C)C)C(C)(C)C21CCC1)C(=O)C(=O)NC1CC1. The minimum Gasteiger partial charge on any atom is -0.347 e. The van der Waals surface area contributed by atoms with Crippen LogP contribution in [0, 0.1) is 21.7 Å². The van der Waals surface area contributed by atoms with E-state index in [-0.39, 0.29) is 40.1 Å². The fourth-order valence-corrected chi connectivity index (χ4v) is 9.49. The van der Waals surface area contributed by atoms with Gasteiger partial charge in [0.05, 0.1) is 12.1 Å². The second kappa shape index (κ2) is 13.6. The topological polar surface area (TPSA) is 157 Å². The number of rotatable bonds is 13. The molecule has 5 rings (SSSR count). The number of hydrogen-bond donors (Lipinski definition) is 4. The highest BCUT2D eigenvalue weighted by molar-refractivity contribution is 6.38. The minimum atomic E-state index is -0.985. The van der Waals surface area contributed by atoms with E-state index in [1.54, 1.807) is 11.8 Å². The van der Waals surface area contributed by atoms with E-state index in [2.05, 4.69) is 40.0 Å². The van der Waals surface area contributed by atoms with Crippen LogP contribution in [0.5, 0.6) is 0 Å². The molecule has 0 aromatic heterocycles. The molecule has 1 unspecified atom stereocenters. The number of hydrogen-bond acceptors (Lipinski definition) is 7. The summed E-state index contributed by atoms with van der Waals surface area (Å²) < 4.78 is 0. The molecule has 0 radical (unpaired) electrons. The fraction of sp³-hybridized carbons (Fsp3) is 0.838. The molecule has 12 nitrogen and oxygen atoms in total. The van der Waals surface area contributed by atoms with Crippen molar-refractivity contribution < 1.29 is 28.8 Å². The van der Waals surface area contributed by atoms with Gasteiger partial charge in [-0.15, -0.1) is 0 Å². The summed E-state index contributed by atoms with van der Waals surface area (Å²) in [6.45, 7) is 17.6. The van der Waals surface area contributed by atoms with Crippen molar-refractivity contribution in [3.8, 4) is 0 Å². The molecule has 0 bridgehead atoms. The van der Waals surface area contributed by atoms with Gasteiger partial charge in [0.2, 0.25) is 29.4 Å². The molecule has 3 aliphatic carbocycles. The standard InChI is InChI=1S/C37H60N6O6/c1-9-13-24(27(44)32(48)39-23-15-16-23)40-31(47)26-20-37(35(7,8)36(37)17-12-18-36)21-43(26)33(49)28(34(4,5)6)41-29(45)22(3)38-30(46)25-14-11-19-42(25)10-2/h22-26,28H,9-21H2,1-8H3,(H,38,46)(H,39,48)(H,40,47)(H,41,45)/t22-,24-,25-,26?,28+,37+/m0/s1. The van der Waals surface area contributed by atoms with E-state index in [0.717, 1.165) is 58.0 Å². The van der Waals surface area contributed by atoms with Crippen LogP contribution in [0.25, 0.3) is 0 Å². The highest BCUT2D eigenvalue weighted by Crippen LogP contribution is 2.88. The van der Waals surface area contributed by atoms with E-state index in [1.807, 2.05) is 34.6 Å². The largest absolute Gasteiger partial charge is 0.347 e. The van der Waals surface area contributed by atoms with Crippen molar-refractivity contribution in [2.24, 2.45) is 21.7 Å². The average Bonchev–Trinajstić information content (AvgIpc) is 3.69. The number of nitrogens with one attached hydrogen (secondary N) is 4. The quantitative estimate of drug-likeness (QED) is 0.217. The summed E-state index contributed by atoms with van der Waals surface area (Å²) in [6, 6.07) is -3.93. The van der Waals surface area contributed by atoms with Gasteiger partial charge in [-0.1, -0.05) is 61.3 Å². The van der Waals surface area contributed by atoms with E-state index in [9.17, 15) is 28.8 Å². The van der Waals surface area contributed by atoms with Crippen molar-refractivity contribution in [1.29, 1.82) is 0 Å². The predicted molar refractivity (Wildman–Crippen MR) is 185 cm³/mol. The summed E-state index contributed by atoms with van der Waals surface area (Å²) in [4.78, 5) is 85.3. The molecule has 12 heteroatoms. The Hall–Kier alpha value is -3.02. The number of fused-ring (bicyclic) bond motifs is 1. The fourth-order valence-electron chi connectivity index (χ4n) is 9.49. The van der Waals surface area contributed by atoms with Gasteiger partial charge in [-0.05, 0) is 87.6 Å². The first-order chi connectivity index (χ1) is 22.9. The van der Waals surface area contributed by atoms with Crippen LogP contribution >= 0.6 is 0 Å². The van der Waals surface area contributed by atoms with Crippen molar-refractivity contribution in [3.05, 3.63) is 0 Å². The van der Waals surface area contributed by atoms with Gasteiger partial charge in [0.15, 0.2) is 0 Å². The summed E-state index contributed by atoms with van der Waals surface area (Å²) in [5, 5.41) is 11.4. The molecule has 2 heterocycles. The van der Waals surface area contributed by atoms with Crippen molar-refractivity contribution in [2.75, 3.05) is 19.6 Å². The van der Waals surface area contributed by atoms with Gasteiger partial charge < -0.3 is 26.2 Å². The molecule has 2 saturated heterocycles. The Morgan fingerprint density at radius 2 is 1.51 bits per heavy atom. The predicted octanol–water partition coefficient (Wildman–Crippen LogP) is 2.44. The smallest absolute Gasteiger partial charge is 0.289 e. The third kappa shape index (κ3) is 6.63. The molecular weight excluding hydrogens is 624 g/mol. The van der Waals surface area contributed by atoms with Crippen molar-refractivity contribution in [3.63, 3.8) is 0 Å². The number of Topliss-reactive ketones (excluding diaryl/α,β-unsaturated/α-hetero) is 1. The van der Waals surface area contributed by atoms with Gasteiger partial charge in [-0.25, -0.2) is 0 Å². The van der Waals surface area contributed by atoms with Crippen molar-refractivity contribution >= 4 is 35.3 Å². The summed E-state index contributed by atoms with van der Waals surface area (Å²) in [7, 11) is 0. The molecular formula is C37H60N6O6. The number of likely N-dealkylation sites (tertiary alicyclic amines) is 2. The van der Waals surface area contributed by atoms with E-state index in [4.69, 9.17) is 0 Å². The van der Waals surface area contributed by atoms with E-state index in [1.165, 1.54) is 0 Å². The Kier molecular flexibility index (Phi) is 10.3. The molecule has 5 amide bonds. The van der Waals surface area contributed by atoms with Gasteiger partial charge in [0, 0.05) is 18.0 Å². The third-order valence-corrected chi connectivity index (χ3v) is 13.0. The van der Waals surface area contributed by atoms with Gasteiger partial charge in [0.1, 0.15) is 18.1 Å². The van der Waals surface area contributed by atoms with Crippen LogP contribution in [0.3, 0.4) is 0 Å². The second-order valence-electron chi connectivity index (χ2n) is 17.1. The highest BCUT2D eigenvalue weighted by Gasteiger charge is 2.85. The molecule has 4 N–H and O–H groups in total. The monoisotopic (exact) mass is 684 g/mol. The van der Waals surface area contributed by atoms with Crippen LogP contribution in [0.2, 0.25) is 0 Å². The molecule has 5 aliphatic rings. The molecule has 5 fully saturated rings. The number of likely N-dealkylation sites (N-methyl/N-ethyl adjacent to an activating group) is 1. The first-order valence-electron chi connectivity index (χ1n) is 18.7. The van der Waals surface area contributed by atoms with Crippen LogP contribution in [0.1, 0.15) is 120 Å². The lowest BCUT2D eigenvalue weighted by Crippen LogP contribution is -2.61. The van der Waals surface area contributed by atoms with Crippen LogP contribution in [0.15, 0.2) is 0 Å². The van der Waals surface area contributed by atoms with Gasteiger partial charge in [-0.3, -0.25) is 33.7 Å². The van der Waals surface area contributed by atoms with Crippen LogP contribution < -0.4 is 21.3 Å². The van der Waals surface area contributed by atoms with E-state index >= 15 is 0 Å². The number of carbonyl (C=O) groups excluding carboxylic acids is 6. The highest BCUT2D eigenvalue weighted by atomic mass is 16.2. The van der Waals surface area contributed by atoms with Gasteiger partial charge in [0.25, 0.3) is 5.91 Å². The second-order valence-corrected chi connectivity index (χ2v) is 17.1. The zero-order chi connectivity index (χ0) is 36.1. The average molecular weight is 685 g/mol. The Morgan fingerprint density at radius 1 is 0.857 bits per heavy atom. The summed E-state index contributed by atoms with van der Waals surface area (Å²) in [5.74, 6) is -2.79. The summed E-state index contributed by atoms with van der Waals surface area (Å²) in [5.41, 5.74) is -1.01. The lowest BCUT2D eigenvalue weighted by Gasteiger charge is -2.36. The van der Waals surface area contributed by atoms with Crippen molar-refractivity contribution in [1.82, 2.24) is 31.1 Å². The lowest BCUT2D eigenvalue weighted by atomic mass is 9.73.